The molecule has 0 radical (unpaired) electrons. The Morgan fingerprint density at radius 1 is 1.00 bits per heavy atom. The highest BCUT2D eigenvalue weighted by molar-refractivity contribution is 6.15. The third-order valence-corrected chi connectivity index (χ3v) is 5.19. The summed E-state index contributed by atoms with van der Waals surface area (Å²) in [6.07, 6.45) is 1.59. The van der Waals surface area contributed by atoms with Gasteiger partial charge < -0.3 is 15.4 Å². The van der Waals surface area contributed by atoms with E-state index in [1.807, 2.05) is 73.7 Å². The molecule has 1 heterocycles. The SMILES string of the molecule is COc1cccc(-c2ccc(/C=C3\NC(=O)N(CC(=O)Nc4cccc(C)c4)C3=O)cc2)c1. The number of aryl methyl sites for hydroxylation is 1. The van der Waals surface area contributed by atoms with Gasteiger partial charge in [0.1, 0.15) is 18.0 Å². The van der Waals surface area contributed by atoms with Gasteiger partial charge in [-0.25, -0.2) is 9.69 Å². The Hall–Kier alpha value is -4.39. The summed E-state index contributed by atoms with van der Waals surface area (Å²) in [5.74, 6) is -0.228. The Kier molecular flexibility index (Phi) is 6.22. The fourth-order valence-corrected chi connectivity index (χ4v) is 3.52. The van der Waals surface area contributed by atoms with Crippen molar-refractivity contribution in [3.63, 3.8) is 0 Å². The molecule has 0 saturated carbocycles. The number of urea groups is 1. The number of ether oxygens (including phenoxy) is 1. The van der Waals surface area contributed by atoms with E-state index in [9.17, 15) is 14.4 Å². The van der Waals surface area contributed by atoms with E-state index in [2.05, 4.69) is 10.6 Å². The zero-order valence-electron chi connectivity index (χ0n) is 18.3. The number of methoxy groups -OCH3 is 1. The number of rotatable bonds is 6. The minimum atomic E-state index is -0.626. The highest BCUT2D eigenvalue weighted by Crippen LogP contribution is 2.25. The average molecular weight is 441 g/mol. The highest BCUT2D eigenvalue weighted by atomic mass is 16.5. The normalized spacial score (nSPS) is 14.4. The lowest BCUT2D eigenvalue weighted by molar-refractivity contribution is -0.127. The molecule has 33 heavy (non-hydrogen) atoms. The van der Waals surface area contributed by atoms with Crippen LogP contribution in [0.3, 0.4) is 0 Å². The third kappa shape index (κ3) is 5.10. The lowest BCUT2D eigenvalue weighted by atomic mass is 10.0. The first kappa shape index (κ1) is 21.8. The molecule has 166 valence electrons. The molecular weight excluding hydrogens is 418 g/mol. The fraction of sp³-hybridized carbons (Fsp3) is 0.115. The summed E-state index contributed by atoms with van der Waals surface area (Å²) in [7, 11) is 1.62. The van der Waals surface area contributed by atoms with E-state index in [-0.39, 0.29) is 12.2 Å². The van der Waals surface area contributed by atoms with Crippen molar-refractivity contribution in [3.05, 3.63) is 89.6 Å². The van der Waals surface area contributed by atoms with E-state index >= 15 is 0 Å². The molecule has 3 aromatic rings. The van der Waals surface area contributed by atoms with Gasteiger partial charge in [0.05, 0.1) is 7.11 Å². The lowest BCUT2D eigenvalue weighted by Crippen LogP contribution is -2.38. The standard InChI is InChI=1S/C26H23N3O4/c1-17-5-3-7-21(13-17)27-24(30)16-29-25(31)23(28-26(29)32)14-18-9-11-19(12-10-18)20-6-4-8-22(15-20)33-2/h3-15H,16H2,1-2H3,(H,27,30)(H,28,32)/b23-14-. The van der Waals surface area contributed by atoms with Crippen LogP contribution in [0, 0.1) is 6.92 Å². The number of nitrogens with one attached hydrogen (secondary N) is 2. The smallest absolute Gasteiger partial charge is 0.329 e. The molecule has 0 bridgehead atoms. The van der Waals surface area contributed by atoms with Crippen molar-refractivity contribution in [1.82, 2.24) is 10.2 Å². The van der Waals surface area contributed by atoms with Crippen LogP contribution < -0.4 is 15.4 Å². The molecule has 1 aliphatic heterocycles. The molecular formula is C26H23N3O4. The number of hydrogen-bond donors (Lipinski definition) is 2. The van der Waals surface area contributed by atoms with Crippen LogP contribution in [-0.2, 0) is 9.59 Å². The van der Waals surface area contributed by atoms with Gasteiger partial charge in [-0.05, 0) is 59.5 Å². The highest BCUT2D eigenvalue weighted by Gasteiger charge is 2.34. The third-order valence-electron chi connectivity index (χ3n) is 5.19. The predicted octanol–water partition coefficient (Wildman–Crippen LogP) is 4.20. The topological polar surface area (TPSA) is 87.7 Å². The van der Waals surface area contributed by atoms with Crippen molar-refractivity contribution in [1.29, 1.82) is 0 Å². The Morgan fingerprint density at radius 3 is 2.48 bits per heavy atom. The maximum Gasteiger partial charge on any atom is 0.329 e. The Balaban J connectivity index is 1.44. The Morgan fingerprint density at radius 2 is 1.76 bits per heavy atom. The van der Waals surface area contributed by atoms with Crippen molar-refractivity contribution in [2.24, 2.45) is 0 Å². The first-order chi connectivity index (χ1) is 15.9. The van der Waals surface area contributed by atoms with Crippen molar-refractivity contribution in [3.8, 4) is 16.9 Å². The van der Waals surface area contributed by atoms with E-state index < -0.39 is 17.8 Å². The van der Waals surface area contributed by atoms with Crippen molar-refractivity contribution in [2.45, 2.75) is 6.92 Å². The lowest BCUT2D eigenvalue weighted by Gasteiger charge is -2.12. The first-order valence-corrected chi connectivity index (χ1v) is 10.4. The largest absolute Gasteiger partial charge is 0.497 e. The van der Waals surface area contributed by atoms with Gasteiger partial charge >= 0.3 is 6.03 Å². The predicted molar refractivity (Wildman–Crippen MR) is 126 cm³/mol. The molecule has 0 aromatic heterocycles. The molecule has 0 unspecified atom stereocenters. The monoisotopic (exact) mass is 441 g/mol. The zero-order valence-corrected chi connectivity index (χ0v) is 18.3. The molecule has 0 aliphatic carbocycles. The van der Waals surface area contributed by atoms with Crippen LogP contribution in [0.1, 0.15) is 11.1 Å². The number of amides is 4. The fourth-order valence-electron chi connectivity index (χ4n) is 3.52. The van der Waals surface area contributed by atoms with Gasteiger partial charge in [-0.3, -0.25) is 9.59 Å². The number of carbonyl (C=O) groups excluding carboxylic acids is 3. The van der Waals surface area contributed by atoms with E-state index in [0.29, 0.717) is 5.69 Å². The van der Waals surface area contributed by atoms with Gasteiger partial charge in [-0.2, -0.15) is 0 Å². The summed E-state index contributed by atoms with van der Waals surface area (Å²) in [5, 5.41) is 5.25. The number of hydrogen-bond acceptors (Lipinski definition) is 4. The molecule has 3 aromatic carbocycles. The molecule has 4 rings (SSSR count). The first-order valence-electron chi connectivity index (χ1n) is 10.4. The van der Waals surface area contributed by atoms with Gasteiger partial charge in [-0.15, -0.1) is 0 Å². The number of benzene rings is 3. The van der Waals surface area contributed by atoms with Gasteiger partial charge in [0.2, 0.25) is 5.91 Å². The van der Waals surface area contributed by atoms with Gasteiger partial charge in [-0.1, -0.05) is 48.5 Å². The van der Waals surface area contributed by atoms with Crippen molar-refractivity contribution in [2.75, 3.05) is 19.0 Å². The summed E-state index contributed by atoms with van der Waals surface area (Å²) in [4.78, 5) is 38.2. The van der Waals surface area contributed by atoms with E-state index in [0.717, 1.165) is 32.9 Å². The van der Waals surface area contributed by atoms with Crippen LogP contribution in [0.4, 0.5) is 10.5 Å². The van der Waals surface area contributed by atoms with Gasteiger partial charge in [0, 0.05) is 5.69 Å². The van der Waals surface area contributed by atoms with Crippen LogP contribution in [0.5, 0.6) is 5.75 Å². The second kappa shape index (κ2) is 9.40. The molecule has 0 spiro atoms. The van der Waals surface area contributed by atoms with Crippen LogP contribution in [-0.4, -0.2) is 36.4 Å². The van der Waals surface area contributed by atoms with Gasteiger partial charge in [0.25, 0.3) is 5.91 Å². The van der Waals surface area contributed by atoms with Crippen LogP contribution in [0.15, 0.2) is 78.5 Å². The molecule has 7 nitrogen and oxygen atoms in total. The molecule has 1 fully saturated rings. The summed E-state index contributed by atoms with van der Waals surface area (Å²) < 4.78 is 5.27. The Labute approximate surface area is 191 Å². The van der Waals surface area contributed by atoms with E-state index in [1.54, 1.807) is 19.3 Å². The maximum atomic E-state index is 12.7. The van der Waals surface area contributed by atoms with E-state index in [4.69, 9.17) is 4.74 Å². The number of carbonyl (C=O) groups is 3. The molecule has 2 N–H and O–H groups in total. The molecule has 0 atom stereocenters. The summed E-state index contributed by atoms with van der Waals surface area (Å²) >= 11 is 0. The average Bonchev–Trinajstić information content (AvgIpc) is 3.07. The van der Waals surface area contributed by atoms with Crippen LogP contribution in [0.2, 0.25) is 0 Å². The summed E-state index contributed by atoms with van der Waals surface area (Å²) in [5.41, 5.74) is 4.47. The molecule has 7 heteroatoms. The second-order valence-electron chi connectivity index (χ2n) is 7.65. The van der Waals surface area contributed by atoms with Gasteiger partial charge in [0.15, 0.2) is 0 Å². The van der Waals surface area contributed by atoms with Crippen molar-refractivity contribution >= 4 is 29.6 Å². The summed E-state index contributed by atoms with van der Waals surface area (Å²) in [6, 6.07) is 21.9. The number of imide groups is 1. The minimum absolute atomic E-state index is 0.123. The second-order valence-corrected chi connectivity index (χ2v) is 7.65. The quantitative estimate of drug-likeness (QED) is 0.443. The number of nitrogens with zero attached hydrogens (tertiary/aromatic N) is 1. The molecule has 4 amide bonds. The van der Waals surface area contributed by atoms with Crippen LogP contribution >= 0.6 is 0 Å². The number of anilines is 1. The summed E-state index contributed by atoms with van der Waals surface area (Å²) in [6.45, 7) is 1.54. The zero-order chi connectivity index (χ0) is 23.4. The molecule has 1 aliphatic rings. The molecule has 1 saturated heterocycles. The maximum absolute atomic E-state index is 12.7. The van der Waals surface area contributed by atoms with Crippen LogP contribution in [0.25, 0.3) is 17.2 Å². The minimum Gasteiger partial charge on any atom is -0.497 e. The van der Waals surface area contributed by atoms with E-state index in [1.165, 1.54) is 0 Å². The Bertz CT molecular complexity index is 1250. The van der Waals surface area contributed by atoms with Crippen molar-refractivity contribution < 1.29 is 19.1 Å².